The van der Waals surface area contributed by atoms with Crippen molar-refractivity contribution in [3.05, 3.63) is 82.2 Å². The third kappa shape index (κ3) is 4.80. The molecule has 2 heterocycles. The molecule has 1 aliphatic heterocycles. The lowest BCUT2D eigenvalue weighted by Gasteiger charge is -2.24. The minimum atomic E-state index is -0.329. The molecule has 0 spiro atoms. The number of para-hydroxylation sites is 1. The Labute approximate surface area is 173 Å². The van der Waals surface area contributed by atoms with Crippen LogP contribution in [0.3, 0.4) is 0 Å². The van der Waals surface area contributed by atoms with Crippen LogP contribution in [0, 0.1) is 5.82 Å². The maximum atomic E-state index is 13.1. The van der Waals surface area contributed by atoms with Gasteiger partial charge in [0, 0.05) is 19.2 Å². The van der Waals surface area contributed by atoms with Crippen molar-refractivity contribution in [2.24, 2.45) is 0 Å². The number of benzene rings is 2. The molecule has 7 heteroatoms. The molecular formula is C23H22FN3O3. The number of halogens is 1. The number of amides is 1. The molecule has 2 aromatic carbocycles. The molecule has 1 N–H and O–H groups in total. The average Bonchev–Trinajstić information content (AvgIpc) is 3.26. The van der Waals surface area contributed by atoms with Gasteiger partial charge in [0.1, 0.15) is 11.6 Å². The fraction of sp³-hybridized carbons (Fsp3) is 0.261. The molecule has 1 fully saturated rings. The first-order chi connectivity index (χ1) is 14.6. The molecule has 1 saturated heterocycles. The van der Waals surface area contributed by atoms with Crippen molar-refractivity contribution in [3.63, 3.8) is 0 Å². The summed E-state index contributed by atoms with van der Waals surface area (Å²) in [5, 5.41) is 0.509. The fourth-order valence-electron chi connectivity index (χ4n) is 3.50. The molecule has 6 nitrogen and oxygen atoms in total. The summed E-state index contributed by atoms with van der Waals surface area (Å²) in [5.74, 6) is -0.143. The monoisotopic (exact) mass is 407 g/mol. The molecule has 0 bridgehead atoms. The van der Waals surface area contributed by atoms with Gasteiger partial charge in [-0.2, -0.15) is 0 Å². The lowest BCUT2D eigenvalue weighted by Crippen LogP contribution is -2.36. The summed E-state index contributed by atoms with van der Waals surface area (Å²) in [6.07, 6.45) is 4.89. The Morgan fingerprint density at radius 2 is 2.03 bits per heavy atom. The maximum absolute atomic E-state index is 13.1. The summed E-state index contributed by atoms with van der Waals surface area (Å²) in [5.41, 5.74) is 1.07. The molecule has 30 heavy (non-hydrogen) atoms. The van der Waals surface area contributed by atoms with Crippen molar-refractivity contribution in [2.75, 3.05) is 13.2 Å². The van der Waals surface area contributed by atoms with Gasteiger partial charge in [-0.1, -0.05) is 24.3 Å². The Balaban J connectivity index is 1.56. The van der Waals surface area contributed by atoms with Gasteiger partial charge in [0.2, 0.25) is 5.91 Å². The number of carbonyl (C=O) groups excluding carboxylic acids is 1. The van der Waals surface area contributed by atoms with Crippen LogP contribution in [0.25, 0.3) is 17.0 Å². The molecule has 154 valence electrons. The number of ether oxygens (including phenoxy) is 1. The predicted octanol–water partition coefficient (Wildman–Crippen LogP) is 3.28. The minimum absolute atomic E-state index is 0.0413. The zero-order chi connectivity index (χ0) is 20.9. The number of carbonyl (C=O) groups is 1. The van der Waals surface area contributed by atoms with Gasteiger partial charge in [0.15, 0.2) is 0 Å². The largest absolute Gasteiger partial charge is 0.376 e. The van der Waals surface area contributed by atoms with Crippen LogP contribution >= 0.6 is 0 Å². The second kappa shape index (κ2) is 9.00. The molecule has 4 rings (SSSR count). The van der Waals surface area contributed by atoms with Crippen LogP contribution in [0.4, 0.5) is 4.39 Å². The lowest BCUT2D eigenvalue weighted by molar-refractivity contribution is -0.128. The molecule has 1 aromatic heterocycles. The summed E-state index contributed by atoms with van der Waals surface area (Å²) < 4.78 is 18.8. The summed E-state index contributed by atoms with van der Waals surface area (Å²) in [4.78, 5) is 34.2. The van der Waals surface area contributed by atoms with Gasteiger partial charge in [0.25, 0.3) is 5.56 Å². The van der Waals surface area contributed by atoms with E-state index in [1.807, 2.05) is 6.07 Å². The van der Waals surface area contributed by atoms with Crippen molar-refractivity contribution in [3.8, 4) is 0 Å². The van der Waals surface area contributed by atoms with Gasteiger partial charge in [-0.15, -0.1) is 0 Å². The quantitative estimate of drug-likeness (QED) is 0.637. The molecule has 0 radical (unpaired) electrons. The maximum Gasteiger partial charge on any atom is 0.258 e. The average molecular weight is 407 g/mol. The number of fused-ring (bicyclic) bond motifs is 1. The molecule has 0 aliphatic carbocycles. The molecule has 1 atom stereocenters. The highest BCUT2D eigenvalue weighted by Gasteiger charge is 2.22. The second-order valence-electron chi connectivity index (χ2n) is 7.27. The van der Waals surface area contributed by atoms with E-state index in [4.69, 9.17) is 4.74 Å². The van der Waals surface area contributed by atoms with Crippen LogP contribution in [0.1, 0.15) is 24.2 Å². The second-order valence-corrected chi connectivity index (χ2v) is 7.27. The molecule has 1 amide bonds. The van der Waals surface area contributed by atoms with Crippen LogP contribution in [0.2, 0.25) is 0 Å². The topological polar surface area (TPSA) is 75.3 Å². The Morgan fingerprint density at radius 3 is 2.80 bits per heavy atom. The van der Waals surface area contributed by atoms with Crippen LogP contribution in [-0.2, 0) is 16.1 Å². The Kier molecular flexibility index (Phi) is 5.99. The van der Waals surface area contributed by atoms with E-state index >= 15 is 0 Å². The number of rotatable bonds is 6. The van der Waals surface area contributed by atoms with Crippen LogP contribution in [0.15, 0.2) is 59.4 Å². The number of hydrogen-bond acceptors (Lipinski definition) is 4. The van der Waals surface area contributed by atoms with Crippen LogP contribution in [-0.4, -0.2) is 40.0 Å². The molecule has 1 aliphatic rings. The SMILES string of the molecule is O=C(/C=C/c1ccc(F)cc1)N(Cc1nc2ccccc2c(=O)[nH]1)C[C@@H]1CCCO1. The van der Waals surface area contributed by atoms with E-state index < -0.39 is 0 Å². The third-order valence-electron chi connectivity index (χ3n) is 5.05. The Hall–Kier alpha value is -3.32. The van der Waals surface area contributed by atoms with Crippen LogP contribution < -0.4 is 5.56 Å². The normalized spacial score (nSPS) is 16.4. The first kappa shape index (κ1) is 20.0. The first-order valence-electron chi connectivity index (χ1n) is 9.90. The van der Waals surface area contributed by atoms with E-state index in [2.05, 4.69) is 9.97 Å². The van der Waals surface area contributed by atoms with Crippen molar-refractivity contribution in [2.45, 2.75) is 25.5 Å². The van der Waals surface area contributed by atoms with Gasteiger partial charge in [0.05, 0.1) is 23.6 Å². The predicted molar refractivity (Wildman–Crippen MR) is 112 cm³/mol. The zero-order valence-electron chi connectivity index (χ0n) is 16.4. The molecular weight excluding hydrogens is 385 g/mol. The molecule has 0 unspecified atom stereocenters. The Bertz CT molecular complexity index is 1120. The number of aromatic amines is 1. The number of nitrogens with zero attached hydrogens (tertiary/aromatic N) is 2. The van der Waals surface area contributed by atoms with Crippen LogP contribution in [0.5, 0.6) is 0 Å². The van der Waals surface area contributed by atoms with E-state index in [0.29, 0.717) is 29.9 Å². The smallest absolute Gasteiger partial charge is 0.258 e. The highest BCUT2D eigenvalue weighted by molar-refractivity contribution is 5.91. The van der Waals surface area contributed by atoms with Gasteiger partial charge < -0.3 is 14.6 Å². The van der Waals surface area contributed by atoms with E-state index in [0.717, 1.165) is 18.4 Å². The number of hydrogen-bond donors (Lipinski definition) is 1. The van der Waals surface area contributed by atoms with E-state index in [1.54, 1.807) is 41.3 Å². The van der Waals surface area contributed by atoms with Crippen molar-refractivity contribution in [1.82, 2.24) is 14.9 Å². The Morgan fingerprint density at radius 1 is 1.23 bits per heavy atom. The summed E-state index contributed by atoms with van der Waals surface area (Å²) >= 11 is 0. The first-order valence-corrected chi connectivity index (χ1v) is 9.90. The van der Waals surface area contributed by atoms with Gasteiger partial charge >= 0.3 is 0 Å². The molecule has 3 aromatic rings. The number of H-pyrrole nitrogens is 1. The van der Waals surface area contributed by atoms with E-state index in [1.165, 1.54) is 18.2 Å². The number of aromatic nitrogens is 2. The third-order valence-corrected chi connectivity index (χ3v) is 5.05. The van der Waals surface area contributed by atoms with Crippen molar-refractivity contribution < 1.29 is 13.9 Å². The van der Waals surface area contributed by atoms with E-state index in [9.17, 15) is 14.0 Å². The van der Waals surface area contributed by atoms with Crippen molar-refractivity contribution in [1.29, 1.82) is 0 Å². The fourth-order valence-corrected chi connectivity index (χ4v) is 3.50. The summed E-state index contributed by atoms with van der Waals surface area (Å²) in [6.45, 7) is 1.25. The van der Waals surface area contributed by atoms with Gasteiger partial charge in [-0.25, -0.2) is 9.37 Å². The minimum Gasteiger partial charge on any atom is -0.376 e. The van der Waals surface area contributed by atoms with Crippen molar-refractivity contribution >= 4 is 22.9 Å². The number of nitrogens with one attached hydrogen (secondary N) is 1. The highest BCUT2D eigenvalue weighted by Crippen LogP contribution is 2.16. The van der Waals surface area contributed by atoms with Gasteiger partial charge in [-0.3, -0.25) is 9.59 Å². The lowest BCUT2D eigenvalue weighted by atomic mass is 10.2. The zero-order valence-corrected chi connectivity index (χ0v) is 16.4. The van der Waals surface area contributed by atoms with E-state index in [-0.39, 0.29) is 29.9 Å². The highest BCUT2D eigenvalue weighted by atomic mass is 19.1. The standard InChI is InChI=1S/C23H22FN3O3/c24-17-10-7-16(8-11-17)9-12-22(28)27(14-18-4-3-13-30-18)15-21-25-20-6-2-1-5-19(20)23(29)26-21/h1-2,5-12,18H,3-4,13-15H2,(H,25,26,29)/b12-9+/t18-/m0/s1. The summed E-state index contributed by atoms with van der Waals surface area (Å²) in [7, 11) is 0. The van der Waals surface area contributed by atoms with Gasteiger partial charge in [-0.05, 0) is 48.7 Å². The summed E-state index contributed by atoms with van der Waals surface area (Å²) in [6, 6.07) is 13.0. The molecule has 0 saturated carbocycles.